The number of halogens is 2. The first-order valence-electron chi connectivity index (χ1n) is 5.30. The van der Waals surface area contributed by atoms with Crippen LogP contribution in [-0.2, 0) is 0 Å². The Hall–Kier alpha value is -1.12. The summed E-state index contributed by atoms with van der Waals surface area (Å²) in [6, 6.07) is 2.91. The van der Waals surface area contributed by atoms with Gasteiger partial charge in [0.25, 0.3) is 0 Å². The summed E-state index contributed by atoms with van der Waals surface area (Å²) in [5.41, 5.74) is 0.497. The molecule has 1 saturated carbocycles. The van der Waals surface area contributed by atoms with Crippen molar-refractivity contribution in [2.45, 2.75) is 32.7 Å². The second-order valence-corrected chi connectivity index (χ2v) is 4.32. The third kappa shape index (κ3) is 2.11. The fourth-order valence-corrected chi connectivity index (χ4v) is 1.73. The molecule has 3 heteroatoms. The summed E-state index contributed by atoms with van der Waals surface area (Å²) in [6.07, 6.45) is 2.31. The SMILES string of the molecule is Cc1ccc(F)c(NC(C)C2CC2)c1F. The van der Waals surface area contributed by atoms with Gasteiger partial charge in [-0.2, -0.15) is 0 Å². The Bertz CT molecular complexity index is 372. The van der Waals surface area contributed by atoms with E-state index in [1.54, 1.807) is 6.92 Å². The van der Waals surface area contributed by atoms with E-state index < -0.39 is 11.6 Å². The highest BCUT2D eigenvalue weighted by Crippen LogP contribution is 2.35. The third-order valence-corrected chi connectivity index (χ3v) is 2.99. The molecule has 1 unspecified atom stereocenters. The first-order valence-corrected chi connectivity index (χ1v) is 5.30. The lowest BCUT2D eigenvalue weighted by Crippen LogP contribution is -2.19. The smallest absolute Gasteiger partial charge is 0.152 e. The summed E-state index contributed by atoms with van der Waals surface area (Å²) in [4.78, 5) is 0. The van der Waals surface area contributed by atoms with E-state index in [0.717, 1.165) is 12.8 Å². The Morgan fingerprint density at radius 1 is 1.33 bits per heavy atom. The van der Waals surface area contributed by atoms with Crippen LogP contribution < -0.4 is 5.32 Å². The van der Waals surface area contributed by atoms with Crippen molar-refractivity contribution in [2.24, 2.45) is 5.92 Å². The average molecular weight is 211 g/mol. The molecule has 2 rings (SSSR count). The molecule has 1 aromatic rings. The minimum absolute atomic E-state index is 0.0226. The van der Waals surface area contributed by atoms with E-state index in [9.17, 15) is 8.78 Å². The Labute approximate surface area is 88.5 Å². The van der Waals surface area contributed by atoms with Crippen molar-refractivity contribution in [1.82, 2.24) is 0 Å². The molecule has 1 atom stereocenters. The van der Waals surface area contributed by atoms with Crippen molar-refractivity contribution in [1.29, 1.82) is 0 Å². The molecule has 82 valence electrons. The van der Waals surface area contributed by atoms with Crippen molar-refractivity contribution in [3.05, 3.63) is 29.3 Å². The van der Waals surface area contributed by atoms with E-state index in [-0.39, 0.29) is 11.7 Å². The lowest BCUT2D eigenvalue weighted by Gasteiger charge is -2.16. The molecule has 0 radical (unpaired) electrons. The molecular formula is C12H15F2N. The maximum atomic E-state index is 13.6. The van der Waals surface area contributed by atoms with Crippen molar-refractivity contribution < 1.29 is 8.78 Å². The van der Waals surface area contributed by atoms with Crippen LogP contribution in [0, 0.1) is 24.5 Å². The van der Waals surface area contributed by atoms with Gasteiger partial charge >= 0.3 is 0 Å². The quantitative estimate of drug-likeness (QED) is 0.807. The molecule has 0 aliphatic heterocycles. The van der Waals surface area contributed by atoms with Crippen molar-refractivity contribution in [3.63, 3.8) is 0 Å². The van der Waals surface area contributed by atoms with Crippen LogP contribution in [0.25, 0.3) is 0 Å². The maximum Gasteiger partial charge on any atom is 0.152 e. The first-order chi connectivity index (χ1) is 7.09. The van der Waals surface area contributed by atoms with E-state index in [2.05, 4.69) is 5.32 Å². The summed E-state index contributed by atoms with van der Waals surface area (Å²) < 4.78 is 27.0. The lowest BCUT2D eigenvalue weighted by molar-refractivity contribution is 0.572. The van der Waals surface area contributed by atoms with Crippen LogP contribution in [0.5, 0.6) is 0 Å². The van der Waals surface area contributed by atoms with Gasteiger partial charge < -0.3 is 5.32 Å². The molecule has 1 nitrogen and oxygen atoms in total. The van der Waals surface area contributed by atoms with Crippen molar-refractivity contribution in [3.8, 4) is 0 Å². The van der Waals surface area contributed by atoms with Gasteiger partial charge in [-0.3, -0.25) is 0 Å². The summed E-state index contributed by atoms with van der Waals surface area (Å²) in [6.45, 7) is 3.61. The predicted molar refractivity (Wildman–Crippen MR) is 56.9 cm³/mol. The Morgan fingerprint density at radius 3 is 2.60 bits per heavy atom. The molecule has 0 saturated heterocycles. The molecule has 0 amide bonds. The van der Waals surface area contributed by atoms with Crippen LogP contribution in [-0.4, -0.2) is 6.04 Å². The molecule has 0 spiro atoms. The van der Waals surface area contributed by atoms with Gasteiger partial charge in [0, 0.05) is 6.04 Å². The topological polar surface area (TPSA) is 12.0 Å². The van der Waals surface area contributed by atoms with Gasteiger partial charge in [0.15, 0.2) is 5.82 Å². The van der Waals surface area contributed by atoms with E-state index in [1.807, 2.05) is 6.92 Å². The molecule has 0 aromatic heterocycles. The van der Waals surface area contributed by atoms with Gasteiger partial charge in [0.1, 0.15) is 11.5 Å². The van der Waals surface area contributed by atoms with Crippen LogP contribution in [0.1, 0.15) is 25.3 Å². The van der Waals surface area contributed by atoms with E-state index in [4.69, 9.17) is 0 Å². The highest BCUT2D eigenvalue weighted by atomic mass is 19.1. The summed E-state index contributed by atoms with van der Waals surface area (Å²) in [7, 11) is 0. The zero-order valence-corrected chi connectivity index (χ0v) is 8.98. The molecule has 1 N–H and O–H groups in total. The van der Waals surface area contributed by atoms with Gasteiger partial charge in [-0.05, 0) is 44.2 Å². The normalized spacial score (nSPS) is 17.6. The summed E-state index contributed by atoms with van der Waals surface area (Å²) in [5, 5.41) is 2.93. The summed E-state index contributed by atoms with van der Waals surface area (Å²) >= 11 is 0. The average Bonchev–Trinajstić information content (AvgIpc) is 3.02. The van der Waals surface area contributed by atoms with Gasteiger partial charge in [0.05, 0.1) is 0 Å². The molecule has 0 bridgehead atoms. The van der Waals surface area contributed by atoms with Gasteiger partial charge in [-0.1, -0.05) is 6.07 Å². The monoisotopic (exact) mass is 211 g/mol. The number of hydrogen-bond donors (Lipinski definition) is 1. The van der Waals surface area contributed by atoms with Gasteiger partial charge in [-0.15, -0.1) is 0 Å². The first kappa shape index (κ1) is 10.4. The second kappa shape index (κ2) is 3.80. The minimum Gasteiger partial charge on any atom is -0.378 e. The van der Waals surface area contributed by atoms with E-state index in [1.165, 1.54) is 12.1 Å². The summed E-state index contributed by atoms with van der Waals surface area (Å²) in [5.74, 6) is -0.405. The molecule has 0 heterocycles. The van der Waals surface area contributed by atoms with E-state index in [0.29, 0.717) is 11.5 Å². The molecule has 15 heavy (non-hydrogen) atoms. The third-order valence-electron chi connectivity index (χ3n) is 2.99. The zero-order chi connectivity index (χ0) is 11.0. The highest BCUT2D eigenvalue weighted by Gasteiger charge is 2.29. The molecule has 1 aromatic carbocycles. The molecular weight excluding hydrogens is 196 g/mol. The number of anilines is 1. The highest BCUT2D eigenvalue weighted by molar-refractivity contribution is 5.49. The Balaban J connectivity index is 2.22. The van der Waals surface area contributed by atoms with Crippen LogP contribution in [0.2, 0.25) is 0 Å². The second-order valence-electron chi connectivity index (χ2n) is 4.32. The van der Waals surface area contributed by atoms with Crippen LogP contribution >= 0.6 is 0 Å². The van der Waals surface area contributed by atoms with Crippen LogP contribution in [0.4, 0.5) is 14.5 Å². The van der Waals surface area contributed by atoms with Gasteiger partial charge in [-0.25, -0.2) is 8.78 Å². The number of hydrogen-bond acceptors (Lipinski definition) is 1. The largest absolute Gasteiger partial charge is 0.378 e. The Morgan fingerprint density at radius 2 is 2.00 bits per heavy atom. The predicted octanol–water partition coefficient (Wildman–Crippen LogP) is 3.48. The fourth-order valence-electron chi connectivity index (χ4n) is 1.73. The number of nitrogens with one attached hydrogen (secondary N) is 1. The van der Waals surface area contributed by atoms with Crippen LogP contribution in [0.3, 0.4) is 0 Å². The van der Waals surface area contributed by atoms with Crippen LogP contribution in [0.15, 0.2) is 12.1 Å². The standard InChI is InChI=1S/C12H15F2N/c1-7-3-6-10(13)12(11(7)14)15-8(2)9-4-5-9/h3,6,8-9,15H,4-5H2,1-2H3. The zero-order valence-electron chi connectivity index (χ0n) is 8.98. The van der Waals surface area contributed by atoms with Crippen molar-refractivity contribution in [2.75, 3.05) is 5.32 Å². The number of rotatable bonds is 3. The van der Waals surface area contributed by atoms with Gasteiger partial charge in [0.2, 0.25) is 0 Å². The van der Waals surface area contributed by atoms with E-state index >= 15 is 0 Å². The molecule has 1 aliphatic carbocycles. The number of benzene rings is 1. The number of aryl methyl sites for hydroxylation is 1. The minimum atomic E-state index is -0.509. The molecule has 1 fully saturated rings. The van der Waals surface area contributed by atoms with Crippen molar-refractivity contribution >= 4 is 5.69 Å². The lowest BCUT2D eigenvalue weighted by atomic mass is 10.1. The molecule has 1 aliphatic rings. The maximum absolute atomic E-state index is 13.6. The Kier molecular flexibility index (Phi) is 2.63. The fraction of sp³-hybridized carbons (Fsp3) is 0.500.